The molecule has 0 bridgehead atoms. The lowest BCUT2D eigenvalue weighted by atomic mass is 9.99. The van der Waals surface area contributed by atoms with Gasteiger partial charge >= 0.3 is 0 Å². The molecule has 0 spiro atoms. The molecule has 1 saturated heterocycles. The lowest BCUT2D eigenvalue weighted by Crippen LogP contribution is -2.32. The Balaban J connectivity index is 1.55. The Labute approximate surface area is 256 Å². The SMILES string of the molecule is CCCCC/C=C\C/C=C\CCCCCCC1(CCCCCC/C=C\C/C=C\CCCCC)O[C@H]2C[C@@H](C)C[C@H]2O1. The van der Waals surface area contributed by atoms with Crippen LogP contribution in [0.15, 0.2) is 48.6 Å². The van der Waals surface area contributed by atoms with Crippen molar-refractivity contribution in [1.82, 2.24) is 0 Å². The maximum Gasteiger partial charge on any atom is 0.169 e. The molecule has 0 radical (unpaired) electrons. The lowest BCUT2D eigenvalue weighted by molar-refractivity contribution is -0.192. The van der Waals surface area contributed by atoms with Gasteiger partial charge in [-0.15, -0.1) is 0 Å². The highest BCUT2D eigenvalue weighted by atomic mass is 16.8. The fraction of sp³-hybridized carbons (Fsp3) is 0.795. The van der Waals surface area contributed by atoms with Crippen LogP contribution in [0.4, 0.5) is 0 Å². The van der Waals surface area contributed by atoms with Crippen LogP contribution >= 0.6 is 0 Å². The minimum atomic E-state index is -0.289. The average molecular weight is 569 g/mol. The molecule has 0 amide bonds. The molecule has 1 saturated carbocycles. The van der Waals surface area contributed by atoms with Gasteiger partial charge in [-0.2, -0.15) is 0 Å². The Morgan fingerprint density at radius 3 is 1.24 bits per heavy atom. The molecule has 2 fully saturated rings. The van der Waals surface area contributed by atoms with Crippen molar-refractivity contribution in [2.75, 3.05) is 0 Å². The molecule has 1 aliphatic carbocycles. The van der Waals surface area contributed by atoms with Gasteiger partial charge in [-0.3, -0.25) is 0 Å². The van der Waals surface area contributed by atoms with Gasteiger partial charge in [0.15, 0.2) is 5.79 Å². The summed E-state index contributed by atoms with van der Waals surface area (Å²) in [5.74, 6) is 0.458. The average Bonchev–Trinajstić information content (AvgIpc) is 3.47. The van der Waals surface area contributed by atoms with Gasteiger partial charge in [0.2, 0.25) is 0 Å². The van der Waals surface area contributed by atoms with E-state index in [4.69, 9.17) is 9.47 Å². The summed E-state index contributed by atoms with van der Waals surface area (Å²) in [6, 6.07) is 0. The van der Waals surface area contributed by atoms with Gasteiger partial charge in [0.1, 0.15) is 0 Å². The highest BCUT2D eigenvalue weighted by Crippen LogP contribution is 2.45. The van der Waals surface area contributed by atoms with Crippen LogP contribution in [0.2, 0.25) is 0 Å². The van der Waals surface area contributed by atoms with Gasteiger partial charge in [0.25, 0.3) is 0 Å². The van der Waals surface area contributed by atoms with Crippen LogP contribution in [0.1, 0.15) is 175 Å². The van der Waals surface area contributed by atoms with E-state index in [-0.39, 0.29) is 5.79 Å². The highest BCUT2D eigenvalue weighted by molar-refractivity contribution is 4.94. The summed E-state index contributed by atoms with van der Waals surface area (Å²) < 4.78 is 13.4. The van der Waals surface area contributed by atoms with Crippen molar-refractivity contribution < 1.29 is 9.47 Å². The predicted octanol–water partition coefficient (Wildman–Crippen LogP) is 12.7. The third-order valence-corrected chi connectivity index (χ3v) is 8.93. The number of hydrogen-bond acceptors (Lipinski definition) is 2. The fourth-order valence-corrected chi connectivity index (χ4v) is 6.44. The van der Waals surface area contributed by atoms with E-state index in [1.54, 1.807) is 0 Å². The Hall–Kier alpha value is -1.12. The van der Waals surface area contributed by atoms with Crippen LogP contribution in [-0.2, 0) is 9.47 Å². The predicted molar refractivity (Wildman–Crippen MR) is 180 cm³/mol. The first-order chi connectivity index (χ1) is 20.2. The molecule has 3 atom stereocenters. The van der Waals surface area contributed by atoms with E-state index >= 15 is 0 Å². The topological polar surface area (TPSA) is 18.5 Å². The maximum absolute atomic E-state index is 6.71. The van der Waals surface area contributed by atoms with Crippen molar-refractivity contribution >= 4 is 0 Å². The number of allylic oxidation sites excluding steroid dienone is 8. The van der Waals surface area contributed by atoms with Crippen LogP contribution in [0, 0.1) is 5.92 Å². The molecule has 41 heavy (non-hydrogen) atoms. The van der Waals surface area contributed by atoms with Gasteiger partial charge in [0, 0.05) is 12.8 Å². The second-order valence-electron chi connectivity index (χ2n) is 13.1. The normalized spacial score (nSPS) is 22.4. The molecule has 1 heterocycles. The molecular weight excluding hydrogens is 500 g/mol. The molecule has 236 valence electrons. The van der Waals surface area contributed by atoms with E-state index in [0.717, 1.165) is 31.6 Å². The Morgan fingerprint density at radius 2 is 0.854 bits per heavy atom. The van der Waals surface area contributed by atoms with Crippen molar-refractivity contribution in [2.24, 2.45) is 5.92 Å². The first-order valence-electron chi connectivity index (χ1n) is 18.1. The zero-order valence-corrected chi connectivity index (χ0v) is 27.6. The Kier molecular flexibility index (Phi) is 21.4. The summed E-state index contributed by atoms with van der Waals surface area (Å²) in [5, 5.41) is 0. The van der Waals surface area contributed by atoms with Crippen LogP contribution < -0.4 is 0 Å². The summed E-state index contributed by atoms with van der Waals surface area (Å²) >= 11 is 0. The number of unbranched alkanes of at least 4 members (excludes halogenated alkanes) is 14. The smallest absolute Gasteiger partial charge is 0.169 e. The minimum absolute atomic E-state index is 0.289. The first-order valence-corrected chi connectivity index (χ1v) is 18.1. The zero-order chi connectivity index (χ0) is 29.3. The van der Waals surface area contributed by atoms with Gasteiger partial charge < -0.3 is 9.47 Å². The zero-order valence-electron chi connectivity index (χ0n) is 27.6. The molecule has 2 aliphatic rings. The monoisotopic (exact) mass is 569 g/mol. The third kappa shape index (κ3) is 17.6. The van der Waals surface area contributed by atoms with E-state index < -0.39 is 0 Å². The molecule has 2 rings (SSSR count). The van der Waals surface area contributed by atoms with Crippen molar-refractivity contribution in [3.8, 4) is 0 Å². The second kappa shape index (κ2) is 24.3. The summed E-state index contributed by atoms with van der Waals surface area (Å²) in [6.07, 6.45) is 49.5. The van der Waals surface area contributed by atoms with Crippen molar-refractivity contribution in [1.29, 1.82) is 0 Å². The first kappa shape index (κ1) is 36.1. The molecule has 2 heteroatoms. The highest BCUT2D eigenvalue weighted by Gasteiger charge is 2.50. The maximum atomic E-state index is 6.71. The number of fused-ring (bicyclic) bond motifs is 1. The Morgan fingerprint density at radius 1 is 0.488 bits per heavy atom. The van der Waals surface area contributed by atoms with E-state index in [0.29, 0.717) is 12.2 Å². The summed E-state index contributed by atoms with van der Waals surface area (Å²) in [7, 11) is 0. The van der Waals surface area contributed by atoms with Crippen LogP contribution in [0.3, 0.4) is 0 Å². The number of hydrogen-bond donors (Lipinski definition) is 0. The summed E-state index contributed by atoms with van der Waals surface area (Å²) in [5.41, 5.74) is 0. The molecule has 0 aromatic heterocycles. The van der Waals surface area contributed by atoms with Gasteiger partial charge in [-0.25, -0.2) is 0 Å². The third-order valence-electron chi connectivity index (χ3n) is 8.93. The van der Waals surface area contributed by atoms with E-state index in [2.05, 4.69) is 69.4 Å². The van der Waals surface area contributed by atoms with Gasteiger partial charge in [-0.1, -0.05) is 121 Å². The van der Waals surface area contributed by atoms with Crippen molar-refractivity contribution in [2.45, 2.75) is 193 Å². The van der Waals surface area contributed by atoms with Crippen molar-refractivity contribution in [3.63, 3.8) is 0 Å². The van der Waals surface area contributed by atoms with Gasteiger partial charge in [-0.05, 0) is 95.8 Å². The minimum Gasteiger partial charge on any atom is -0.344 e. The van der Waals surface area contributed by atoms with Crippen molar-refractivity contribution in [3.05, 3.63) is 48.6 Å². The molecule has 0 unspecified atom stereocenters. The fourth-order valence-electron chi connectivity index (χ4n) is 6.44. The van der Waals surface area contributed by atoms with E-state index in [1.807, 2.05) is 0 Å². The number of rotatable bonds is 26. The van der Waals surface area contributed by atoms with E-state index in [1.165, 1.54) is 128 Å². The van der Waals surface area contributed by atoms with Crippen LogP contribution in [0.5, 0.6) is 0 Å². The van der Waals surface area contributed by atoms with Gasteiger partial charge in [0.05, 0.1) is 12.2 Å². The largest absolute Gasteiger partial charge is 0.344 e. The molecule has 1 aliphatic heterocycles. The lowest BCUT2D eigenvalue weighted by Gasteiger charge is -2.30. The Bertz CT molecular complexity index is 657. The quantitative estimate of drug-likeness (QED) is 0.0763. The summed E-state index contributed by atoms with van der Waals surface area (Å²) in [4.78, 5) is 0. The molecule has 2 nitrogen and oxygen atoms in total. The van der Waals surface area contributed by atoms with E-state index in [9.17, 15) is 0 Å². The standard InChI is InChI=1S/C39H68O2/c1-4-6-8-10-12-14-16-18-20-22-24-26-28-30-32-39(40-37-34-36(3)35-38(37)41-39)33-31-29-27-25-23-21-19-17-15-13-11-9-7-5-2/h12-15,18-21,36-38H,4-11,16-17,22-35H2,1-3H3/b14-12-,15-13-,20-18-,21-19-/t36-,37+,38-. The summed E-state index contributed by atoms with van der Waals surface area (Å²) in [6.45, 7) is 6.89. The molecular formula is C39H68O2. The molecule has 0 aromatic rings. The molecule has 0 aromatic carbocycles. The molecule has 0 N–H and O–H groups in total. The van der Waals surface area contributed by atoms with Crippen LogP contribution in [-0.4, -0.2) is 18.0 Å². The number of ether oxygens (including phenoxy) is 2. The second-order valence-corrected chi connectivity index (χ2v) is 13.1. The van der Waals surface area contributed by atoms with Crippen LogP contribution in [0.25, 0.3) is 0 Å².